The molecule has 0 saturated heterocycles. The molecule has 0 amide bonds. The molecule has 1 heterocycles. The fourth-order valence-corrected chi connectivity index (χ4v) is 4.01. The van der Waals surface area contributed by atoms with Gasteiger partial charge in [0, 0.05) is 32.0 Å². The minimum Gasteiger partial charge on any atom is -0.305 e. The van der Waals surface area contributed by atoms with E-state index in [4.69, 9.17) is 11.6 Å². The van der Waals surface area contributed by atoms with Crippen LogP contribution >= 0.6 is 38.9 Å². The SMILES string of the molecule is C[C@@H](NCc1sc2ccccc2c1Cl)c1ccc(Br)cc1. The molecule has 0 fully saturated rings. The molecule has 3 aromatic rings. The molecule has 21 heavy (non-hydrogen) atoms. The molecular weight excluding hydrogens is 366 g/mol. The van der Waals surface area contributed by atoms with Crippen molar-refractivity contribution < 1.29 is 0 Å². The molecule has 0 radical (unpaired) electrons. The molecule has 1 aromatic heterocycles. The van der Waals surface area contributed by atoms with Crippen molar-refractivity contribution in [2.75, 3.05) is 0 Å². The first-order chi connectivity index (χ1) is 10.1. The zero-order valence-corrected chi connectivity index (χ0v) is 14.7. The number of hydrogen-bond acceptors (Lipinski definition) is 2. The van der Waals surface area contributed by atoms with E-state index in [1.54, 1.807) is 11.3 Å². The monoisotopic (exact) mass is 379 g/mol. The van der Waals surface area contributed by atoms with Crippen LogP contribution in [-0.2, 0) is 6.54 Å². The van der Waals surface area contributed by atoms with Gasteiger partial charge in [-0.15, -0.1) is 11.3 Å². The molecule has 2 aromatic carbocycles. The number of hydrogen-bond donors (Lipinski definition) is 1. The van der Waals surface area contributed by atoms with Crippen molar-refractivity contribution in [1.82, 2.24) is 5.32 Å². The van der Waals surface area contributed by atoms with Gasteiger partial charge in [-0.3, -0.25) is 0 Å². The van der Waals surface area contributed by atoms with Gasteiger partial charge in [0.25, 0.3) is 0 Å². The van der Waals surface area contributed by atoms with Crippen LogP contribution in [0.3, 0.4) is 0 Å². The van der Waals surface area contributed by atoms with Crippen molar-refractivity contribution in [2.45, 2.75) is 19.5 Å². The van der Waals surface area contributed by atoms with E-state index in [0.29, 0.717) is 6.04 Å². The van der Waals surface area contributed by atoms with Crippen molar-refractivity contribution in [3.8, 4) is 0 Å². The molecule has 0 saturated carbocycles. The van der Waals surface area contributed by atoms with Crippen LogP contribution in [0.1, 0.15) is 23.4 Å². The minimum absolute atomic E-state index is 0.291. The van der Waals surface area contributed by atoms with Crippen LogP contribution < -0.4 is 5.32 Å². The van der Waals surface area contributed by atoms with Gasteiger partial charge in [0.2, 0.25) is 0 Å². The molecule has 1 N–H and O–H groups in total. The predicted octanol–water partition coefficient (Wildman–Crippen LogP) is 6.17. The van der Waals surface area contributed by atoms with Gasteiger partial charge in [0.15, 0.2) is 0 Å². The van der Waals surface area contributed by atoms with Crippen LogP contribution in [0.5, 0.6) is 0 Å². The van der Waals surface area contributed by atoms with Crippen LogP contribution in [0, 0.1) is 0 Å². The van der Waals surface area contributed by atoms with E-state index in [1.807, 2.05) is 6.07 Å². The second kappa shape index (κ2) is 6.49. The second-order valence-corrected chi connectivity index (χ2v) is 7.42. The third kappa shape index (κ3) is 3.32. The van der Waals surface area contributed by atoms with Gasteiger partial charge in [0.05, 0.1) is 5.02 Å². The highest BCUT2D eigenvalue weighted by Gasteiger charge is 2.11. The Kier molecular flexibility index (Phi) is 4.65. The number of rotatable bonds is 4. The van der Waals surface area contributed by atoms with Crippen molar-refractivity contribution in [3.05, 3.63) is 68.5 Å². The van der Waals surface area contributed by atoms with E-state index in [-0.39, 0.29) is 0 Å². The molecule has 108 valence electrons. The molecule has 0 aliphatic heterocycles. The van der Waals surface area contributed by atoms with Gasteiger partial charge in [-0.05, 0) is 30.7 Å². The molecule has 1 nitrogen and oxygen atoms in total. The van der Waals surface area contributed by atoms with Gasteiger partial charge in [0.1, 0.15) is 0 Å². The quantitative estimate of drug-likeness (QED) is 0.571. The first-order valence-corrected chi connectivity index (χ1v) is 8.78. The van der Waals surface area contributed by atoms with Crippen molar-refractivity contribution >= 4 is 49.0 Å². The Bertz CT molecular complexity index is 751. The largest absolute Gasteiger partial charge is 0.305 e. The topological polar surface area (TPSA) is 12.0 Å². The summed E-state index contributed by atoms with van der Waals surface area (Å²) in [6.07, 6.45) is 0. The summed E-state index contributed by atoms with van der Waals surface area (Å²) in [5, 5.41) is 5.58. The Labute approximate surface area is 142 Å². The molecule has 3 rings (SSSR count). The zero-order chi connectivity index (χ0) is 14.8. The standard InChI is InChI=1S/C17H15BrClNS/c1-11(12-6-8-13(18)9-7-12)20-10-16-17(19)14-4-2-3-5-15(14)21-16/h2-9,11,20H,10H2,1H3/t11-/m1/s1. The Hall–Kier alpha value is -0.870. The van der Waals surface area contributed by atoms with Gasteiger partial charge < -0.3 is 5.32 Å². The van der Waals surface area contributed by atoms with Gasteiger partial charge in [-0.2, -0.15) is 0 Å². The van der Waals surface area contributed by atoms with Crippen LogP contribution in [0.25, 0.3) is 10.1 Å². The van der Waals surface area contributed by atoms with Crippen molar-refractivity contribution in [3.63, 3.8) is 0 Å². The summed E-state index contributed by atoms with van der Waals surface area (Å²) in [4.78, 5) is 1.20. The lowest BCUT2D eigenvalue weighted by atomic mass is 10.1. The van der Waals surface area contributed by atoms with Crippen molar-refractivity contribution in [2.24, 2.45) is 0 Å². The Morgan fingerprint density at radius 3 is 2.57 bits per heavy atom. The molecule has 0 aliphatic carbocycles. The summed E-state index contributed by atoms with van der Waals surface area (Å²) in [5.74, 6) is 0. The van der Waals surface area contributed by atoms with E-state index in [1.165, 1.54) is 15.1 Å². The van der Waals surface area contributed by atoms with Crippen LogP contribution in [-0.4, -0.2) is 0 Å². The summed E-state index contributed by atoms with van der Waals surface area (Å²) < 4.78 is 2.35. The average Bonchev–Trinajstić information content (AvgIpc) is 2.82. The highest BCUT2D eigenvalue weighted by Crippen LogP contribution is 2.35. The number of fused-ring (bicyclic) bond motifs is 1. The number of nitrogens with one attached hydrogen (secondary N) is 1. The van der Waals surface area contributed by atoms with Gasteiger partial charge >= 0.3 is 0 Å². The third-order valence-electron chi connectivity index (χ3n) is 3.54. The Balaban J connectivity index is 1.74. The molecule has 0 spiro atoms. The van der Waals surface area contributed by atoms with Gasteiger partial charge in [-0.25, -0.2) is 0 Å². The lowest BCUT2D eigenvalue weighted by Gasteiger charge is -2.13. The summed E-state index contributed by atoms with van der Waals surface area (Å²) >= 11 is 11.7. The van der Waals surface area contributed by atoms with Crippen LogP contribution in [0.2, 0.25) is 5.02 Å². The maximum Gasteiger partial charge on any atom is 0.0636 e. The minimum atomic E-state index is 0.291. The van der Waals surface area contributed by atoms with Crippen molar-refractivity contribution in [1.29, 1.82) is 0 Å². The number of thiophene rings is 1. The number of benzene rings is 2. The average molecular weight is 381 g/mol. The highest BCUT2D eigenvalue weighted by atomic mass is 79.9. The normalized spacial score (nSPS) is 12.7. The molecule has 0 bridgehead atoms. The van der Waals surface area contributed by atoms with E-state index in [9.17, 15) is 0 Å². The summed E-state index contributed by atoms with van der Waals surface area (Å²) in [6.45, 7) is 2.96. The highest BCUT2D eigenvalue weighted by molar-refractivity contribution is 9.10. The molecular formula is C17H15BrClNS. The summed E-state index contributed by atoms with van der Waals surface area (Å²) in [5.41, 5.74) is 1.27. The molecule has 0 unspecified atom stereocenters. The second-order valence-electron chi connectivity index (χ2n) is 4.99. The van der Waals surface area contributed by atoms with Crippen LogP contribution in [0.4, 0.5) is 0 Å². The lowest BCUT2D eigenvalue weighted by Crippen LogP contribution is -2.17. The summed E-state index contributed by atoms with van der Waals surface area (Å²) in [7, 11) is 0. The number of halogens is 2. The summed E-state index contributed by atoms with van der Waals surface area (Å²) in [6, 6.07) is 17.0. The van der Waals surface area contributed by atoms with E-state index < -0.39 is 0 Å². The predicted molar refractivity (Wildman–Crippen MR) is 96.2 cm³/mol. The zero-order valence-electron chi connectivity index (χ0n) is 11.6. The Morgan fingerprint density at radius 1 is 1.14 bits per heavy atom. The van der Waals surface area contributed by atoms with E-state index in [2.05, 4.69) is 70.6 Å². The maximum absolute atomic E-state index is 6.47. The third-order valence-corrected chi connectivity index (χ3v) is 5.78. The lowest BCUT2D eigenvalue weighted by molar-refractivity contribution is 0.579. The Morgan fingerprint density at radius 2 is 1.86 bits per heavy atom. The van der Waals surface area contributed by atoms with Gasteiger partial charge in [-0.1, -0.05) is 57.9 Å². The molecule has 1 atom stereocenters. The first-order valence-electron chi connectivity index (χ1n) is 6.80. The van der Waals surface area contributed by atoms with Crippen LogP contribution in [0.15, 0.2) is 53.0 Å². The maximum atomic E-state index is 6.47. The molecule has 4 heteroatoms. The fraction of sp³-hybridized carbons (Fsp3) is 0.176. The smallest absolute Gasteiger partial charge is 0.0636 e. The fourth-order valence-electron chi connectivity index (χ4n) is 2.29. The van der Waals surface area contributed by atoms with E-state index >= 15 is 0 Å². The first kappa shape index (κ1) is 15.0. The molecule has 0 aliphatic rings. The van der Waals surface area contributed by atoms with E-state index in [0.717, 1.165) is 21.4 Å².